The Hall–Kier alpha value is -2.88. The van der Waals surface area contributed by atoms with Gasteiger partial charge in [0.1, 0.15) is 5.82 Å². The number of primary amides is 1. The summed E-state index contributed by atoms with van der Waals surface area (Å²) in [6, 6.07) is 15.5. The van der Waals surface area contributed by atoms with Gasteiger partial charge in [-0.25, -0.2) is 4.98 Å². The lowest BCUT2D eigenvalue weighted by molar-refractivity contribution is 0.100. The number of aromatic nitrogens is 1. The van der Waals surface area contributed by atoms with Crippen LogP contribution in [0.25, 0.3) is 22.0 Å². The number of anilines is 1. The molecule has 0 atom stereocenters. The number of aryl methyl sites for hydroxylation is 1. The minimum absolute atomic E-state index is 0.426. The van der Waals surface area contributed by atoms with Crippen molar-refractivity contribution in [3.8, 4) is 11.1 Å². The van der Waals surface area contributed by atoms with Gasteiger partial charge in [0, 0.05) is 10.9 Å². The molecule has 25 heavy (non-hydrogen) atoms. The maximum atomic E-state index is 11.5. The predicted molar refractivity (Wildman–Crippen MR) is 103 cm³/mol. The van der Waals surface area contributed by atoms with Crippen molar-refractivity contribution in [3.05, 3.63) is 59.7 Å². The highest BCUT2D eigenvalue weighted by molar-refractivity contribution is 5.98. The minimum atomic E-state index is -0.426. The van der Waals surface area contributed by atoms with E-state index in [2.05, 4.69) is 18.0 Å². The molecule has 3 aromatic rings. The lowest BCUT2D eigenvalue weighted by Gasteiger charge is -2.11. The molecule has 1 heterocycles. The largest absolute Gasteiger partial charge is 0.383 e. The lowest BCUT2D eigenvalue weighted by Crippen LogP contribution is -2.10. The Morgan fingerprint density at radius 3 is 2.64 bits per heavy atom. The summed E-state index contributed by atoms with van der Waals surface area (Å²) in [4.78, 5) is 16.1. The number of hydrogen-bond acceptors (Lipinski definition) is 3. The van der Waals surface area contributed by atoms with E-state index in [1.807, 2.05) is 36.4 Å². The van der Waals surface area contributed by atoms with Crippen molar-refractivity contribution in [2.75, 3.05) is 5.73 Å². The van der Waals surface area contributed by atoms with E-state index in [9.17, 15) is 4.79 Å². The number of nitrogen functional groups attached to an aromatic ring is 1. The molecule has 2 aromatic carbocycles. The second kappa shape index (κ2) is 7.34. The fourth-order valence-electron chi connectivity index (χ4n) is 3.11. The fraction of sp³-hybridized carbons (Fsp3) is 0.238. The predicted octanol–water partition coefficient (Wildman–Crippen LogP) is 4.32. The van der Waals surface area contributed by atoms with Gasteiger partial charge < -0.3 is 11.5 Å². The molecule has 4 heteroatoms. The van der Waals surface area contributed by atoms with Crippen LogP contribution in [0.4, 0.5) is 5.82 Å². The second-order valence-corrected chi connectivity index (χ2v) is 6.31. The number of nitrogens with zero attached hydrogens (tertiary/aromatic N) is 1. The zero-order valence-electron chi connectivity index (χ0n) is 14.5. The Kier molecular flexibility index (Phi) is 4.98. The number of amides is 1. The third-order valence-electron chi connectivity index (χ3n) is 4.48. The third-order valence-corrected chi connectivity index (χ3v) is 4.48. The maximum absolute atomic E-state index is 11.5. The molecule has 4 N–H and O–H groups in total. The van der Waals surface area contributed by atoms with Gasteiger partial charge in [0.15, 0.2) is 0 Å². The van der Waals surface area contributed by atoms with Crippen LogP contribution in [0.3, 0.4) is 0 Å². The molecule has 0 radical (unpaired) electrons. The highest BCUT2D eigenvalue weighted by Gasteiger charge is 2.10. The van der Waals surface area contributed by atoms with Crippen LogP contribution >= 0.6 is 0 Å². The number of unbranched alkanes of at least 4 members (excludes halogenated alkanes) is 2. The van der Waals surface area contributed by atoms with Gasteiger partial charge in [0.05, 0.1) is 5.52 Å². The summed E-state index contributed by atoms with van der Waals surface area (Å²) in [7, 11) is 0. The van der Waals surface area contributed by atoms with Crippen molar-refractivity contribution >= 4 is 22.6 Å². The van der Waals surface area contributed by atoms with Gasteiger partial charge in [-0.15, -0.1) is 0 Å². The minimum Gasteiger partial charge on any atom is -0.383 e. The van der Waals surface area contributed by atoms with E-state index in [0.29, 0.717) is 11.4 Å². The summed E-state index contributed by atoms with van der Waals surface area (Å²) >= 11 is 0. The summed E-state index contributed by atoms with van der Waals surface area (Å²) in [5.41, 5.74) is 16.0. The Morgan fingerprint density at radius 1 is 1.08 bits per heavy atom. The molecular weight excluding hydrogens is 310 g/mol. The zero-order valence-corrected chi connectivity index (χ0v) is 14.5. The van der Waals surface area contributed by atoms with Gasteiger partial charge in [-0.1, -0.05) is 44.0 Å². The van der Waals surface area contributed by atoms with E-state index >= 15 is 0 Å². The molecule has 4 nitrogen and oxygen atoms in total. The molecule has 0 aliphatic carbocycles. The van der Waals surface area contributed by atoms with Crippen molar-refractivity contribution in [1.29, 1.82) is 0 Å². The Balaban J connectivity index is 2.10. The third kappa shape index (κ3) is 3.63. The Morgan fingerprint density at radius 2 is 1.88 bits per heavy atom. The number of pyridine rings is 1. The van der Waals surface area contributed by atoms with E-state index < -0.39 is 5.91 Å². The van der Waals surface area contributed by atoms with Crippen molar-refractivity contribution in [3.63, 3.8) is 0 Å². The molecule has 0 unspecified atom stereocenters. The first kappa shape index (κ1) is 17.0. The molecule has 3 rings (SSSR count). The smallest absolute Gasteiger partial charge is 0.248 e. The number of nitrogens with two attached hydrogens (primary N) is 2. The van der Waals surface area contributed by atoms with E-state index in [-0.39, 0.29) is 0 Å². The van der Waals surface area contributed by atoms with Gasteiger partial charge in [-0.05, 0) is 53.8 Å². The van der Waals surface area contributed by atoms with Crippen LogP contribution < -0.4 is 11.5 Å². The zero-order chi connectivity index (χ0) is 17.8. The van der Waals surface area contributed by atoms with Crippen LogP contribution in [-0.2, 0) is 6.42 Å². The summed E-state index contributed by atoms with van der Waals surface area (Å²) in [6.07, 6.45) is 4.39. The molecule has 0 spiro atoms. The molecule has 0 saturated carbocycles. The van der Waals surface area contributed by atoms with Gasteiger partial charge >= 0.3 is 0 Å². The molecule has 0 saturated heterocycles. The quantitative estimate of drug-likeness (QED) is 0.659. The van der Waals surface area contributed by atoms with Crippen LogP contribution in [0.15, 0.2) is 48.5 Å². The lowest BCUT2D eigenvalue weighted by atomic mass is 9.96. The average Bonchev–Trinajstić information content (AvgIpc) is 2.62. The van der Waals surface area contributed by atoms with Gasteiger partial charge in [0.2, 0.25) is 5.91 Å². The molecule has 0 fully saturated rings. The van der Waals surface area contributed by atoms with E-state index in [1.54, 1.807) is 6.07 Å². The topological polar surface area (TPSA) is 82.0 Å². The normalized spacial score (nSPS) is 10.9. The summed E-state index contributed by atoms with van der Waals surface area (Å²) in [6.45, 7) is 2.19. The van der Waals surface area contributed by atoms with Crippen LogP contribution in [0, 0.1) is 0 Å². The number of hydrogen-bond donors (Lipinski definition) is 2. The highest BCUT2D eigenvalue weighted by Crippen LogP contribution is 2.31. The summed E-state index contributed by atoms with van der Waals surface area (Å²) in [5.74, 6) is 0.177. The van der Waals surface area contributed by atoms with E-state index in [0.717, 1.165) is 40.4 Å². The Labute approximate surface area is 147 Å². The van der Waals surface area contributed by atoms with Gasteiger partial charge in [0.25, 0.3) is 0 Å². The standard InChI is InChI=1S/C21H23N3O/c1-2-3-4-7-15-13-18-17(10-6-11-19(18)24-20(15)22)14-8-5-9-16(12-14)21(23)25/h5-6,8-13H,2-4,7H2,1H3,(H2,22,24)(H2,23,25). The first-order chi connectivity index (χ1) is 12.1. The van der Waals surface area contributed by atoms with Crippen molar-refractivity contribution in [2.45, 2.75) is 32.6 Å². The first-order valence-corrected chi connectivity index (χ1v) is 8.68. The average molecular weight is 333 g/mol. The maximum Gasteiger partial charge on any atom is 0.248 e. The van der Waals surface area contributed by atoms with Crippen molar-refractivity contribution < 1.29 is 4.79 Å². The van der Waals surface area contributed by atoms with Crippen LogP contribution in [-0.4, -0.2) is 10.9 Å². The highest BCUT2D eigenvalue weighted by atomic mass is 16.1. The monoisotopic (exact) mass is 333 g/mol. The number of carbonyl (C=O) groups is 1. The van der Waals surface area contributed by atoms with Crippen LogP contribution in [0.1, 0.15) is 42.1 Å². The number of carbonyl (C=O) groups excluding carboxylic acids is 1. The van der Waals surface area contributed by atoms with Gasteiger partial charge in [-0.2, -0.15) is 0 Å². The van der Waals surface area contributed by atoms with Crippen molar-refractivity contribution in [1.82, 2.24) is 4.98 Å². The number of rotatable bonds is 6. The molecule has 128 valence electrons. The first-order valence-electron chi connectivity index (χ1n) is 8.68. The molecule has 0 aliphatic rings. The van der Waals surface area contributed by atoms with Crippen LogP contribution in [0.5, 0.6) is 0 Å². The summed E-state index contributed by atoms with van der Waals surface area (Å²) in [5, 5.41) is 1.05. The van der Waals surface area contributed by atoms with Gasteiger partial charge in [-0.3, -0.25) is 4.79 Å². The SMILES string of the molecule is CCCCCc1cc2c(-c3cccc(C(N)=O)c3)cccc2nc1N. The number of benzene rings is 2. The van der Waals surface area contributed by atoms with E-state index in [1.165, 1.54) is 12.8 Å². The molecule has 0 aliphatic heterocycles. The molecular formula is C21H23N3O. The number of fused-ring (bicyclic) bond motifs is 1. The Bertz CT molecular complexity index is 918. The summed E-state index contributed by atoms with van der Waals surface area (Å²) < 4.78 is 0. The fourth-order valence-corrected chi connectivity index (χ4v) is 3.11. The van der Waals surface area contributed by atoms with Crippen molar-refractivity contribution in [2.24, 2.45) is 5.73 Å². The second-order valence-electron chi connectivity index (χ2n) is 6.31. The molecule has 1 amide bonds. The molecule has 0 bridgehead atoms. The molecule has 1 aromatic heterocycles. The van der Waals surface area contributed by atoms with Crippen LogP contribution in [0.2, 0.25) is 0 Å². The van der Waals surface area contributed by atoms with E-state index in [4.69, 9.17) is 11.5 Å².